The normalized spacial score (nSPS) is 11.5. The summed E-state index contributed by atoms with van der Waals surface area (Å²) in [6, 6.07) is 13.4. The summed E-state index contributed by atoms with van der Waals surface area (Å²) in [5.41, 5.74) is 1.68. The highest BCUT2D eigenvalue weighted by Gasteiger charge is 2.42. The third-order valence-electron chi connectivity index (χ3n) is 3.79. The second-order valence-electron chi connectivity index (χ2n) is 5.94. The second-order valence-corrected chi connectivity index (χ2v) is 5.94. The molecule has 2 aromatic rings. The maximum atomic E-state index is 12.8. The van der Waals surface area contributed by atoms with E-state index in [0.29, 0.717) is 6.61 Å². The van der Waals surface area contributed by atoms with E-state index >= 15 is 0 Å². The topological polar surface area (TPSA) is 35.5 Å². The van der Waals surface area contributed by atoms with Crippen molar-refractivity contribution in [2.45, 2.75) is 32.1 Å². The van der Waals surface area contributed by atoms with Crippen LogP contribution in [0, 0.1) is 0 Å². The van der Waals surface area contributed by atoms with E-state index in [9.17, 15) is 22.4 Å². The van der Waals surface area contributed by atoms with Gasteiger partial charge in [-0.3, -0.25) is 0 Å². The lowest BCUT2D eigenvalue weighted by Crippen LogP contribution is -2.33. The van der Waals surface area contributed by atoms with Gasteiger partial charge in [0.05, 0.1) is 12.2 Å². The van der Waals surface area contributed by atoms with Gasteiger partial charge in [0.2, 0.25) is 0 Å². The number of hydrogen-bond donors (Lipinski definition) is 0. The summed E-state index contributed by atoms with van der Waals surface area (Å²) in [4.78, 5) is 11.7. The van der Waals surface area contributed by atoms with E-state index in [2.05, 4.69) is 11.7 Å². The van der Waals surface area contributed by atoms with Crippen molar-refractivity contribution in [3.05, 3.63) is 54.1 Å². The smallest absolute Gasteiger partial charge is 0.340 e. The lowest BCUT2D eigenvalue weighted by atomic mass is 10.0. The maximum absolute atomic E-state index is 12.8. The molecular formula is C20H20F4O3. The molecule has 3 nitrogen and oxygen atoms in total. The summed E-state index contributed by atoms with van der Waals surface area (Å²) in [5, 5.41) is 0. The molecule has 0 bridgehead atoms. The fourth-order valence-corrected chi connectivity index (χ4v) is 2.18. The third kappa shape index (κ3) is 5.98. The number of halogens is 4. The molecule has 0 fully saturated rings. The summed E-state index contributed by atoms with van der Waals surface area (Å²) in [5.74, 6) is -4.69. The van der Waals surface area contributed by atoms with Crippen LogP contribution >= 0.6 is 0 Å². The molecule has 146 valence electrons. The van der Waals surface area contributed by atoms with Crippen molar-refractivity contribution < 1.29 is 31.8 Å². The molecule has 0 aliphatic heterocycles. The van der Waals surface area contributed by atoms with Gasteiger partial charge >= 0.3 is 18.3 Å². The van der Waals surface area contributed by atoms with Gasteiger partial charge in [-0.1, -0.05) is 37.6 Å². The molecule has 0 aromatic heterocycles. The molecule has 0 saturated heterocycles. The van der Waals surface area contributed by atoms with Crippen LogP contribution in [0.5, 0.6) is 5.75 Å². The molecule has 0 radical (unpaired) electrons. The van der Waals surface area contributed by atoms with Gasteiger partial charge in [0.15, 0.2) is 6.61 Å². The third-order valence-corrected chi connectivity index (χ3v) is 3.79. The summed E-state index contributed by atoms with van der Waals surface area (Å²) in [6.07, 6.45) is -1.86. The maximum Gasteiger partial charge on any atom is 0.340 e. The molecular weight excluding hydrogens is 364 g/mol. The minimum absolute atomic E-state index is 0.00309. The van der Waals surface area contributed by atoms with Gasteiger partial charge in [0, 0.05) is 0 Å². The lowest BCUT2D eigenvalue weighted by Gasteiger charge is -2.15. The van der Waals surface area contributed by atoms with Crippen LogP contribution in [0.4, 0.5) is 17.6 Å². The average molecular weight is 384 g/mol. The van der Waals surface area contributed by atoms with Crippen molar-refractivity contribution in [2.24, 2.45) is 0 Å². The summed E-state index contributed by atoms with van der Waals surface area (Å²) in [7, 11) is 0. The fraction of sp³-hybridized carbons (Fsp3) is 0.350. The Morgan fingerprint density at radius 2 is 1.56 bits per heavy atom. The largest absolute Gasteiger partial charge is 0.494 e. The standard InChI is InChI=1S/C20H20F4O3/c1-2-3-12-26-17-10-8-15(9-11-17)14-4-6-16(7-5-14)18(25)27-13-20(23,24)19(21)22/h4-11,19H,2-3,12-13H2,1H3. The van der Waals surface area contributed by atoms with Gasteiger partial charge in [0.25, 0.3) is 0 Å². The van der Waals surface area contributed by atoms with Crippen LogP contribution in [0.1, 0.15) is 30.1 Å². The van der Waals surface area contributed by atoms with Gasteiger partial charge in [0.1, 0.15) is 5.75 Å². The minimum atomic E-state index is -4.36. The van der Waals surface area contributed by atoms with E-state index in [0.717, 1.165) is 29.7 Å². The highest BCUT2D eigenvalue weighted by Crippen LogP contribution is 2.25. The van der Waals surface area contributed by atoms with E-state index in [-0.39, 0.29) is 5.56 Å². The Kier molecular flexibility index (Phi) is 7.21. The number of esters is 1. The van der Waals surface area contributed by atoms with Crippen LogP contribution in [-0.2, 0) is 4.74 Å². The molecule has 0 saturated carbocycles. The molecule has 0 heterocycles. The molecule has 0 N–H and O–H groups in total. The number of ether oxygens (including phenoxy) is 2. The number of carbonyl (C=O) groups excluding carboxylic acids is 1. The van der Waals surface area contributed by atoms with E-state index in [1.54, 1.807) is 12.1 Å². The molecule has 0 amide bonds. The van der Waals surface area contributed by atoms with E-state index in [4.69, 9.17) is 4.74 Å². The van der Waals surface area contributed by atoms with Gasteiger partial charge in [-0.25, -0.2) is 13.6 Å². The van der Waals surface area contributed by atoms with Crippen molar-refractivity contribution >= 4 is 5.97 Å². The van der Waals surface area contributed by atoms with Crippen LogP contribution in [-0.4, -0.2) is 31.5 Å². The van der Waals surface area contributed by atoms with Gasteiger partial charge in [-0.2, -0.15) is 8.78 Å². The number of alkyl halides is 4. The van der Waals surface area contributed by atoms with Crippen LogP contribution in [0.3, 0.4) is 0 Å². The van der Waals surface area contributed by atoms with E-state index in [1.807, 2.05) is 24.3 Å². The zero-order valence-electron chi connectivity index (χ0n) is 14.8. The van der Waals surface area contributed by atoms with Crippen LogP contribution in [0.25, 0.3) is 11.1 Å². The van der Waals surface area contributed by atoms with Crippen molar-refractivity contribution in [2.75, 3.05) is 13.2 Å². The monoisotopic (exact) mass is 384 g/mol. The first-order valence-corrected chi connectivity index (χ1v) is 8.50. The van der Waals surface area contributed by atoms with Crippen molar-refractivity contribution in [3.8, 4) is 16.9 Å². The van der Waals surface area contributed by atoms with Gasteiger partial charge in [-0.05, 0) is 41.8 Å². The molecule has 2 rings (SSSR count). The zero-order valence-corrected chi connectivity index (χ0v) is 14.8. The minimum Gasteiger partial charge on any atom is -0.494 e. The number of unbranched alkanes of at least 4 members (excludes halogenated alkanes) is 1. The van der Waals surface area contributed by atoms with Crippen molar-refractivity contribution in [1.29, 1.82) is 0 Å². The molecule has 0 atom stereocenters. The average Bonchev–Trinajstić information content (AvgIpc) is 2.67. The van der Waals surface area contributed by atoms with Crippen LogP contribution in [0.15, 0.2) is 48.5 Å². The van der Waals surface area contributed by atoms with Crippen molar-refractivity contribution in [3.63, 3.8) is 0 Å². The highest BCUT2D eigenvalue weighted by molar-refractivity contribution is 5.90. The predicted octanol–water partition coefficient (Wildman–Crippen LogP) is 5.59. The Bertz CT molecular complexity index is 728. The van der Waals surface area contributed by atoms with Crippen LogP contribution in [0.2, 0.25) is 0 Å². The first-order valence-electron chi connectivity index (χ1n) is 8.50. The molecule has 0 spiro atoms. The van der Waals surface area contributed by atoms with Crippen LogP contribution < -0.4 is 4.74 Å². The Morgan fingerprint density at radius 3 is 2.07 bits per heavy atom. The Labute approximate surface area is 154 Å². The summed E-state index contributed by atoms with van der Waals surface area (Å²) >= 11 is 0. The van der Waals surface area contributed by atoms with E-state index in [1.165, 1.54) is 12.1 Å². The summed E-state index contributed by atoms with van der Waals surface area (Å²) in [6.45, 7) is 1.07. The quantitative estimate of drug-likeness (QED) is 0.321. The predicted molar refractivity (Wildman–Crippen MR) is 93.5 cm³/mol. The van der Waals surface area contributed by atoms with Gasteiger partial charge < -0.3 is 9.47 Å². The number of hydrogen-bond acceptors (Lipinski definition) is 3. The van der Waals surface area contributed by atoms with E-state index < -0.39 is 24.9 Å². The van der Waals surface area contributed by atoms with Crippen molar-refractivity contribution in [1.82, 2.24) is 0 Å². The number of rotatable bonds is 9. The Hall–Kier alpha value is -2.57. The SMILES string of the molecule is CCCCOc1ccc(-c2ccc(C(=O)OCC(F)(F)C(F)F)cc2)cc1. The van der Waals surface area contributed by atoms with Gasteiger partial charge in [-0.15, -0.1) is 0 Å². The second kappa shape index (κ2) is 9.39. The molecule has 0 unspecified atom stereocenters. The molecule has 27 heavy (non-hydrogen) atoms. The fourth-order valence-electron chi connectivity index (χ4n) is 2.18. The lowest BCUT2D eigenvalue weighted by molar-refractivity contribution is -0.155. The summed E-state index contributed by atoms with van der Waals surface area (Å²) < 4.78 is 59.6. The highest BCUT2D eigenvalue weighted by atomic mass is 19.3. The number of benzene rings is 2. The Balaban J connectivity index is 1.97. The first-order chi connectivity index (χ1) is 12.8. The Morgan fingerprint density at radius 1 is 1.00 bits per heavy atom. The number of carbonyl (C=O) groups is 1. The molecule has 2 aromatic carbocycles. The first kappa shape index (κ1) is 20.7. The molecule has 0 aliphatic rings. The zero-order chi connectivity index (χ0) is 19.9. The molecule has 7 heteroatoms. The molecule has 0 aliphatic carbocycles.